The molecule has 0 saturated carbocycles. The molecule has 1 aliphatic rings. The van der Waals surface area contributed by atoms with E-state index in [-0.39, 0.29) is 0 Å². The standard InChI is InChI=1S/C13H14O4/c14-13-16-9-12(10-17-13)6-7-15-8-11-4-2-1-3-5-11/h1-5,9H,6-8,10H2. The molecule has 2 rings (SSSR count). The SMILES string of the molecule is O=C1OC=C(CCOCc2ccccc2)CO1. The number of benzene rings is 1. The Labute approximate surface area is 99.8 Å². The molecule has 0 atom stereocenters. The predicted molar refractivity (Wildman–Crippen MR) is 61.2 cm³/mol. The van der Waals surface area contributed by atoms with Crippen LogP contribution in [0.2, 0.25) is 0 Å². The molecule has 1 aromatic carbocycles. The van der Waals surface area contributed by atoms with Crippen molar-refractivity contribution in [1.29, 1.82) is 0 Å². The normalized spacial score (nSPS) is 14.8. The molecule has 4 heteroatoms. The van der Waals surface area contributed by atoms with Gasteiger partial charge in [0.2, 0.25) is 0 Å². The van der Waals surface area contributed by atoms with Gasteiger partial charge in [-0.3, -0.25) is 0 Å². The number of ether oxygens (including phenoxy) is 3. The van der Waals surface area contributed by atoms with Crippen molar-refractivity contribution >= 4 is 6.16 Å². The highest BCUT2D eigenvalue weighted by Crippen LogP contribution is 2.10. The Morgan fingerprint density at radius 1 is 1.24 bits per heavy atom. The van der Waals surface area contributed by atoms with E-state index in [2.05, 4.69) is 4.74 Å². The summed E-state index contributed by atoms with van der Waals surface area (Å²) in [6.07, 6.45) is 1.51. The molecule has 1 aliphatic heterocycles. The van der Waals surface area contributed by atoms with Gasteiger partial charge in [-0.25, -0.2) is 4.79 Å². The fourth-order valence-electron chi connectivity index (χ4n) is 1.45. The summed E-state index contributed by atoms with van der Waals surface area (Å²) >= 11 is 0. The third kappa shape index (κ3) is 3.92. The van der Waals surface area contributed by atoms with Gasteiger partial charge in [0.15, 0.2) is 0 Å². The summed E-state index contributed by atoms with van der Waals surface area (Å²) in [6.45, 7) is 1.48. The van der Waals surface area contributed by atoms with Crippen LogP contribution in [-0.4, -0.2) is 19.4 Å². The quantitative estimate of drug-likeness (QED) is 0.580. The number of cyclic esters (lactones) is 2. The number of carbonyl (C=O) groups excluding carboxylic acids is 1. The van der Waals surface area contributed by atoms with Crippen LogP contribution in [0.3, 0.4) is 0 Å². The van der Waals surface area contributed by atoms with Crippen LogP contribution in [0.15, 0.2) is 42.2 Å². The Hall–Kier alpha value is -1.81. The Bertz CT molecular complexity index is 397. The van der Waals surface area contributed by atoms with Crippen LogP contribution in [0.4, 0.5) is 4.79 Å². The van der Waals surface area contributed by atoms with Crippen LogP contribution in [0.25, 0.3) is 0 Å². The van der Waals surface area contributed by atoms with E-state index in [1.807, 2.05) is 30.3 Å². The third-order valence-electron chi connectivity index (χ3n) is 2.38. The van der Waals surface area contributed by atoms with E-state index in [0.29, 0.717) is 26.2 Å². The summed E-state index contributed by atoms with van der Waals surface area (Å²) in [6, 6.07) is 9.98. The maximum atomic E-state index is 10.6. The molecule has 1 heterocycles. The second-order valence-electron chi connectivity index (χ2n) is 3.72. The average Bonchev–Trinajstić information content (AvgIpc) is 2.38. The molecule has 0 saturated heterocycles. The van der Waals surface area contributed by atoms with Crippen LogP contribution in [0.5, 0.6) is 0 Å². The minimum Gasteiger partial charge on any atom is -0.429 e. The molecular formula is C13H14O4. The van der Waals surface area contributed by atoms with Crippen LogP contribution in [-0.2, 0) is 20.8 Å². The molecule has 0 aromatic heterocycles. The lowest BCUT2D eigenvalue weighted by Gasteiger charge is -2.13. The summed E-state index contributed by atoms with van der Waals surface area (Å²) in [5.74, 6) is 0. The zero-order chi connectivity index (χ0) is 11.9. The van der Waals surface area contributed by atoms with Crippen molar-refractivity contribution in [3.8, 4) is 0 Å². The molecule has 0 unspecified atom stereocenters. The highest BCUT2D eigenvalue weighted by atomic mass is 16.7. The molecule has 0 fully saturated rings. The second kappa shape index (κ2) is 6.06. The molecule has 0 amide bonds. The summed E-state index contributed by atoms with van der Waals surface area (Å²) in [5.41, 5.74) is 2.07. The summed E-state index contributed by atoms with van der Waals surface area (Å²) in [4.78, 5) is 10.6. The zero-order valence-corrected chi connectivity index (χ0v) is 9.43. The van der Waals surface area contributed by atoms with Crippen LogP contribution >= 0.6 is 0 Å². The van der Waals surface area contributed by atoms with Crippen molar-refractivity contribution in [1.82, 2.24) is 0 Å². The summed E-state index contributed by atoms with van der Waals surface area (Å²) in [7, 11) is 0. The Morgan fingerprint density at radius 3 is 2.76 bits per heavy atom. The van der Waals surface area contributed by atoms with Crippen molar-refractivity contribution in [2.75, 3.05) is 13.2 Å². The highest BCUT2D eigenvalue weighted by Gasteiger charge is 2.11. The minimum absolute atomic E-state index is 0.299. The van der Waals surface area contributed by atoms with E-state index >= 15 is 0 Å². The Morgan fingerprint density at radius 2 is 2.06 bits per heavy atom. The lowest BCUT2D eigenvalue weighted by atomic mass is 10.2. The van der Waals surface area contributed by atoms with E-state index < -0.39 is 6.16 Å². The first-order valence-corrected chi connectivity index (χ1v) is 5.47. The van der Waals surface area contributed by atoms with E-state index in [0.717, 1.165) is 11.1 Å². The van der Waals surface area contributed by atoms with Crippen molar-refractivity contribution in [3.05, 3.63) is 47.7 Å². The fraction of sp³-hybridized carbons (Fsp3) is 0.308. The monoisotopic (exact) mass is 234 g/mol. The van der Waals surface area contributed by atoms with E-state index in [1.54, 1.807) is 0 Å². The average molecular weight is 234 g/mol. The van der Waals surface area contributed by atoms with Gasteiger partial charge in [0, 0.05) is 5.57 Å². The Kier molecular flexibility index (Phi) is 4.16. The summed E-state index contributed by atoms with van der Waals surface area (Å²) < 4.78 is 14.9. The molecule has 0 radical (unpaired) electrons. The third-order valence-corrected chi connectivity index (χ3v) is 2.38. The van der Waals surface area contributed by atoms with Crippen molar-refractivity contribution in [3.63, 3.8) is 0 Å². The van der Waals surface area contributed by atoms with E-state index in [4.69, 9.17) is 9.47 Å². The zero-order valence-electron chi connectivity index (χ0n) is 9.43. The minimum atomic E-state index is -0.640. The molecule has 0 bridgehead atoms. The van der Waals surface area contributed by atoms with Crippen molar-refractivity contribution < 1.29 is 19.0 Å². The maximum absolute atomic E-state index is 10.6. The summed E-state index contributed by atoms with van der Waals surface area (Å²) in [5, 5.41) is 0. The molecule has 0 aliphatic carbocycles. The first kappa shape index (κ1) is 11.7. The molecule has 90 valence electrons. The van der Waals surface area contributed by atoms with Crippen LogP contribution in [0.1, 0.15) is 12.0 Å². The maximum Gasteiger partial charge on any atom is 0.513 e. The molecule has 17 heavy (non-hydrogen) atoms. The molecular weight excluding hydrogens is 220 g/mol. The van der Waals surface area contributed by atoms with Crippen LogP contribution in [0, 0.1) is 0 Å². The first-order valence-electron chi connectivity index (χ1n) is 5.47. The predicted octanol–water partition coefficient (Wildman–Crippen LogP) is 2.64. The van der Waals surface area contributed by atoms with E-state index in [1.165, 1.54) is 6.26 Å². The van der Waals surface area contributed by atoms with Crippen molar-refractivity contribution in [2.24, 2.45) is 0 Å². The second-order valence-corrected chi connectivity index (χ2v) is 3.72. The Balaban J connectivity index is 1.65. The molecule has 0 spiro atoms. The molecule has 4 nitrogen and oxygen atoms in total. The molecule has 0 N–H and O–H groups in total. The number of hydrogen-bond acceptors (Lipinski definition) is 4. The first-order chi connectivity index (χ1) is 8.34. The van der Waals surface area contributed by atoms with Gasteiger partial charge in [0.05, 0.1) is 13.2 Å². The number of hydrogen-bond donors (Lipinski definition) is 0. The van der Waals surface area contributed by atoms with Gasteiger partial charge in [-0.2, -0.15) is 0 Å². The molecule has 1 aromatic rings. The largest absolute Gasteiger partial charge is 0.513 e. The lowest BCUT2D eigenvalue weighted by molar-refractivity contribution is 0.0727. The number of rotatable bonds is 5. The van der Waals surface area contributed by atoms with Gasteiger partial charge in [0.1, 0.15) is 12.9 Å². The van der Waals surface area contributed by atoms with Gasteiger partial charge < -0.3 is 14.2 Å². The fourth-order valence-corrected chi connectivity index (χ4v) is 1.45. The van der Waals surface area contributed by atoms with Gasteiger partial charge in [-0.15, -0.1) is 0 Å². The lowest BCUT2D eigenvalue weighted by Crippen LogP contribution is -2.14. The van der Waals surface area contributed by atoms with Gasteiger partial charge >= 0.3 is 6.16 Å². The van der Waals surface area contributed by atoms with Gasteiger partial charge in [0.25, 0.3) is 0 Å². The topological polar surface area (TPSA) is 44.8 Å². The van der Waals surface area contributed by atoms with Crippen LogP contribution < -0.4 is 0 Å². The number of carbonyl (C=O) groups is 1. The van der Waals surface area contributed by atoms with Gasteiger partial charge in [-0.1, -0.05) is 30.3 Å². The van der Waals surface area contributed by atoms with E-state index in [9.17, 15) is 4.79 Å². The highest BCUT2D eigenvalue weighted by molar-refractivity contribution is 5.62. The van der Waals surface area contributed by atoms with Gasteiger partial charge in [-0.05, 0) is 12.0 Å². The smallest absolute Gasteiger partial charge is 0.429 e. The van der Waals surface area contributed by atoms with Crippen molar-refractivity contribution in [2.45, 2.75) is 13.0 Å².